The van der Waals surface area contributed by atoms with Gasteiger partial charge in [0.25, 0.3) is 0 Å². The summed E-state index contributed by atoms with van der Waals surface area (Å²) in [7, 11) is 0. The molecule has 2 aromatic carbocycles. The van der Waals surface area contributed by atoms with Crippen LogP contribution >= 0.6 is 31.9 Å². The van der Waals surface area contributed by atoms with E-state index in [0.29, 0.717) is 8.95 Å². The van der Waals surface area contributed by atoms with Gasteiger partial charge in [-0.15, -0.1) is 0 Å². The van der Waals surface area contributed by atoms with Gasteiger partial charge in [0.15, 0.2) is 0 Å². The average Bonchev–Trinajstić information content (AvgIpc) is 2.89. The smallest absolute Gasteiger partial charge is 0.416 e. The Hall–Kier alpha value is -1.74. The number of halogens is 8. The summed E-state index contributed by atoms with van der Waals surface area (Å²) in [6.45, 7) is 0. The second-order valence-electron chi connectivity index (χ2n) is 5.55. The fourth-order valence-electron chi connectivity index (χ4n) is 2.44. The minimum Gasteiger partial charge on any atom is -0.454 e. The molecule has 0 radical (unpaired) electrons. The summed E-state index contributed by atoms with van der Waals surface area (Å²) in [6.07, 6.45) is -9.06. The van der Waals surface area contributed by atoms with Crippen LogP contribution < -0.4 is 0 Å². The molecule has 1 aromatic heterocycles. The first kappa shape index (κ1) is 20.0. The summed E-state index contributed by atoms with van der Waals surface area (Å²) in [5, 5.41) is 0. The number of rotatable bonds is 2. The largest absolute Gasteiger partial charge is 0.454 e. The van der Waals surface area contributed by atoms with Gasteiger partial charge in [-0.3, -0.25) is 0 Å². The van der Waals surface area contributed by atoms with Crippen LogP contribution in [0.1, 0.15) is 11.1 Å². The van der Waals surface area contributed by atoms with Crippen molar-refractivity contribution in [3.63, 3.8) is 0 Å². The van der Waals surface area contributed by atoms with Crippen molar-refractivity contribution in [1.82, 2.24) is 0 Å². The van der Waals surface area contributed by atoms with Crippen LogP contribution in [0.5, 0.6) is 0 Å². The Morgan fingerprint density at radius 3 is 1.33 bits per heavy atom. The molecule has 27 heavy (non-hydrogen) atoms. The van der Waals surface area contributed by atoms with E-state index in [1.165, 1.54) is 24.3 Å². The fraction of sp³-hybridized carbons (Fsp3) is 0.111. The molecule has 0 aliphatic heterocycles. The first-order valence-electron chi connectivity index (χ1n) is 7.31. The quantitative estimate of drug-likeness (QED) is 0.315. The van der Waals surface area contributed by atoms with Crippen molar-refractivity contribution >= 4 is 31.9 Å². The third-order valence-electron chi connectivity index (χ3n) is 3.70. The van der Waals surface area contributed by atoms with Crippen molar-refractivity contribution in [2.75, 3.05) is 0 Å². The number of furan rings is 1. The monoisotopic (exact) mass is 512 g/mol. The first-order valence-corrected chi connectivity index (χ1v) is 8.90. The van der Waals surface area contributed by atoms with Crippen LogP contribution in [-0.4, -0.2) is 0 Å². The van der Waals surface area contributed by atoms with Crippen molar-refractivity contribution in [3.05, 3.63) is 68.6 Å². The first-order chi connectivity index (χ1) is 12.5. The zero-order valence-corrected chi connectivity index (χ0v) is 16.2. The van der Waals surface area contributed by atoms with E-state index < -0.39 is 23.5 Å². The van der Waals surface area contributed by atoms with E-state index in [-0.39, 0.29) is 22.6 Å². The maximum absolute atomic E-state index is 12.9. The summed E-state index contributed by atoms with van der Waals surface area (Å²) >= 11 is 6.45. The highest BCUT2D eigenvalue weighted by Crippen LogP contribution is 2.45. The number of hydrogen-bond acceptors (Lipinski definition) is 1. The maximum atomic E-state index is 12.9. The summed E-state index contributed by atoms with van der Waals surface area (Å²) in [5.74, 6) is 0.140. The lowest BCUT2D eigenvalue weighted by molar-refractivity contribution is -0.138. The van der Waals surface area contributed by atoms with Crippen LogP contribution in [0.4, 0.5) is 26.3 Å². The lowest BCUT2D eigenvalue weighted by Gasteiger charge is -2.08. The number of benzene rings is 2. The molecule has 0 saturated heterocycles. The van der Waals surface area contributed by atoms with E-state index in [1.807, 2.05) is 0 Å². The Labute approximate surface area is 166 Å². The molecule has 0 unspecified atom stereocenters. The van der Waals surface area contributed by atoms with Crippen LogP contribution in [0.25, 0.3) is 22.6 Å². The molecule has 0 atom stereocenters. The van der Waals surface area contributed by atoms with Crippen LogP contribution in [0.2, 0.25) is 0 Å². The Morgan fingerprint density at radius 1 is 0.630 bits per heavy atom. The third kappa shape index (κ3) is 4.08. The Morgan fingerprint density at radius 2 is 1.00 bits per heavy atom. The SMILES string of the molecule is FC(F)(F)c1cccc(-c2oc(-c3cccc(C(F)(F)F)c3)c(Br)c2Br)c1. The van der Waals surface area contributed by atoms with E-state index in [1.54, 1.807) is 0 Å². The van der Waals surface area contributed by atoms with E-state index in [9.17, 15) is 26.3 Å². The molecule has 0 aliphatic rings. The van der Waals surface area contributed by atoms with Crippen LogP contribution in [-0.2, 0) is 12.4 Å². The lowest BCUT2D eigenvalue weighted by Crippen LogP contribution is -2.04. The summed E-state index contributed by atoms with van der Waals surface area (Å²) in [6, 6.07) is 8.95. The summed E-state index contributed by atoms with van der Waals surface area (Å²) in [4.78, 5) is 0. The Balaban J connectivity index is 2.11. The van der Waals surface area contributed by atoms with E-state index in [2.05, 4.69) is 31.9 Å². The predicted molar refractivity (Wildman–Crippen MR) is 95.0 cm³/mol. The van der Waals surface area contributed by atoms with Gasteiger partial charge in [0, 0.05) is 11.1 Å². The van der Waals surface area contributed by atoms with Gasteiger partial charge in [-0.2, -0.15) is 26.3 Å². The topological polar surface area (TPSA) is 13.1 Å². The summed E-state index contributed by atoms with van der Waals surface area (Å²) in [5.41, 5.74) is -1.45. The molecule has 1 heterocycles. The lowest BCUT2D eigenvalue weighted by atomic mass is 10.1. The number of hydrogen-bond donors (Lipinski definition) is 0. The minimum atomic E-state index is -4.53. The molecule has 9 heteroatoms. The molecule has 0 N–H and O–H groups in total. The highest BCUT2D eigenvalue weighted by Gasteiger charge is 2.32. The van der Waals surface area contributed by atoms with Crippen molar-refractivity contribution in [1.29, 1.82) is 0 Å². The van der Waals surface area contributed by atoms with Gasteiger partial charge in [0.05, 0.1) is 20.1 Å². The highest BCUT2D eigenvalue weighted by molar-refractivity contribution is 9.13. The molecule has 0 bridgehead atoms. The van der Waals surface area contributed by atoms with Gasteiger partial charge in [-0.1, -0.05) is 24.3 Å². The Kier molecular flexibility index (Phi) is 5.20. The second-order valence-corrected chi connectivity index (χ2v) is 7.13. The molecule has 0 fully saturated rings. The molecule has 142 valence electrons. The molecule has 0 aliphatic carbocycles. The number of alkyl halides is 6. The molecule has 0 spiro atoms. The fourth-order valence-corrected chi connectivity index (χ4v) is 3.42. The van der Waals surface area contributed by atoms with Crippen molar-refractivity contribution in [3.8, 4) is 22.6 Å². The molecular weight excluding hydrogens is 506 g/mol. The van der Waals surface area contributed by atoms with Gasteiger partial charge in [-0.05, 0) is 56.1 Å². The molecule has 3 rings (SSSR count). The van der Waals surface area contributed by atoms with E-state index >= 15 is 0 Å². The van der Waals surface area contributed by atoms with Gasteiger partial charge in [0.2, 0.25) is 0 Å². The van der Waals surface area contributed by atoms with Crippen LogP contribution in [0.15, 0.2) is 61.9 Å². The zero-order valence-electron chi connectivity index (χ0n) is 13.1. The third-order valence-corrected chi connectivity index (χ3v) is 5.75. The van der Waals surface area contributed by atoms with E-state index in [0.717, 1.165) is 24.3 Å². The van der Waals surface area contributed by atoms with Crippen molar-refractivity contribution < 1.29 is 30.8 Å². The molecule has 3 aromatic rings. The molecule has 0 amide bonds. The molecular formula is C18H8Br2F6O. The highest BCUT2D eigenvalue weighted by atomic mass is 79.9. The predicted octanol–water partition coefficient (Wildman–Crippen LogP) is 8.18. The van der Waals surface area contributed by atoms with Crippen LogP contribution in [0.3, 0.4) is 0 Å². The van der Waals surface area contributed by atoms with Crippen LogP contribution in [0, 0.1) is 0 Å². The maximum Gasteiger partial charge on any atom is 0.416 e. The van der Waals surface area contributed by atoms with Gasteiger partial charge < -0.3 is 4.42 Å². The standard InChI is InChI=1S/C18H8Br2F6O/c19-13-14(20)16(10-4-2-6-12(8-10)18(24,25)26)27-15(13)9-3-1-5-11(7-9)17(21,22)23/h1-8H. The normalized spacial score (nSPS) is 12.4. The van der Waals surface area contributed by atoms with Crippen molar-refractivity contribution in [2.45, 2.75) is 12.4 Å². The average molecular weight is 514 g/mol. The summed E-state index contributed by atoms with van der Waals surface area (Å²) < 4.78 is 83.8. The minimum absolute atomic E-state index is 0.0698. The molecule has 0 saturated carbocycles. The Bertz CT molecular complexity index is 910. The molecule has 1 nitrogen and oxygen atoms in total. The second kappa shape index (κ2) is 7.01. The van der Waals surface area contributed by atoms with Gasteiger partial charge in [-0.25, -0.2) is 0 Å². The van der Waals surface area contributed by atoms with Crippen molar-refractivity contribution in [2.24, 2.45) is 0 Å². The van der Waals surface area contributed by atoms with Gasteiger partial charge >= 0.3 is 12.4 Å². The van der Waals surface area contributed by atoms with Gasteiger partial charge in [0.1, 0.15) is 11.5 Å². The zero-order chi connectivity index (χ0) is 20.0. The van der Waals surface area contributed by atoms with E-state index in [4.69, 9.17) is 4.42 Å².